The number of halogens is 1. The summed E-state index contributed by atoms with van der Waals surface area (Å²) in [6.45, 7) is 2.57. The Morgan fingerprint density at radius 3 is 3.12 bits per heavy atom. The van der Waals surface area contributed by atoms with Gasteiger partial charge in [0, 0.05) is 19.1 Å². The van der Waals surface area contributed by atoms with Crippen LogP contribution >= 0.6 is 11.6 Å². The summed E-state index contributed by atoms with van der Waals surface area (Å²) >= 11 is 5.92. The summed E-state index contributed by atoms with van der Waals surface area (Å²) in [5.74, 6) is 0.821. The van der Waals surface area contributed by atoms with E-state index in [0.29, 0.717) is 17.7 Å². The van der Waals surface area contributed by atoms with E-state index in [9.17, 15) is 0 Å². The van der Waals surface area contributed by atoms with Crippen LogP contribution in [0.2, 0.25) is 5.15 Å². The number of nitrogens with two attached hydrogens (primary N) is 1. The lowest BCUT2D eigenvalue weighted by Gasteiger charge is -2.24. The standard InChI is InChI=1S/C11H17ClN4/c12-10-4-8(6-13)5-11(16-10)15-9-2-1-3-14-7-9/h4-5,9,14H,1-3,6-7,13H2,(H,15,16). The summed E-state index contributed by atoms with van der Waals surface area (Å²) in [6, 6.07) is 4.19. The van der Waals surface area contributed by atoms with Gasteiger partial charge in [-0.3, -0.25) is 0 Å². The minimum atomic E-state index is 0.436. The molecule has 1 atom stereocenters. The Balaban J connectivity index is 2.04. The molecule has 0 saturated carbocycles. The van der Waals surface area contributed by atoms with E-state index in [1.807, 2.05) is 6.07 Å². The Hall–Kier alpha value is -0.840. The van der Waals surface area contributed by atoms with Gasteiger partial charge < -0.3 is 16.4 Å². The van der Waals surface area contributed by atoms with Crippen LogP contribution in [0.1, 0.15) is 18.4 Å². The van der Waals surface area contributed by atoms with Crippen LogP contribution in [0, 0.1) is 0 Å². The second kappa shape index (κ2) is 5.48. The number of rotatable bonds is 3. The molecule has 16 heavy (non-hydrogen) atoms. The predicted octanol–water partition coefficient (Wildman–Crippen LogP) is 1.36. The zero-order chi connectivity index (χ0) is 11.4. The fourth-order valence-corrected chi connectivity index (χ4v) is 2.16. The highest BCUT2D eigenvalue weighted by atomic mass is 35.5. The summed E-state index contributed by atoms with van der Waals surface area (Å²) in [5.41, 5.74) is 6.60. The lowest BCUT2D eigenvalue weighted by atomic mass is 10.1. The Bertz CT molecular complexity index is 350. The van der Waals surface area contributed by atoms with Crippen LogP contribution in [0.15, 0.2) is 12.1 Å². The molecule has 0 radical (unpaired) electrons. The fraction of sp³-hybridized carbons (Fsp3) is 0.545. The number of hydrogen-bond acceptors (Lipinski definition) is 4. The molecule has 0 aromatic carbocycles. The quantitative estimate of drug-likeness (QED) is 0.699. The molecule has 88 valence electrons. The maximum absolute atomic E-state index is 5.92. The molecule has 1 fully saturated rings. The third-order valence-corrected chi connectivity index (χ3v) is 2.93. The van der Waals surface area contributed by atoms with Crippen LogP contribution in [-0.4, -0.2) is 24.1 Å². The van der Waals surface area contributed by atoms with Gasteiger partial charge in [0.1, 0.15) is 11.0 Å². The normalized spacial score (nSPS) is 20.8. The summed E-state index contributed by atoms with van der Waals surface area (Å²) in [5, 5.41) is 7.23. The van der Waals surface area contributed by atoms with Crippen LogP contribution in [0.4, 0.5) is 5.82 Å². The first-order valence-electron chi connectivity index (χ1n) is 5.61. The second-order valence-corrected chi connectivity index (χ2v) is 4.46. The number of nitrogens with zero attached hydrogens (tertiary/aromatic N) is 1. The summed E-state index contributed by atoms with van der Waals surface area (Å²) in [4.78, 5) is 4.25. The number of aromatic nitrogens is 1. The van der Waals surface area contributed by atoms with Crippen LogP contribution < -0.4 is 16.4 Å². The zero-order valence-electron chi connectivity index (χ0n) is 9.17. The Kier molecular flexibility index (Phi) is 3.98. The number of piperidine rings is 1. The van der Waals surface area contributed by atoms with E-state index in [2.05, 4.69) is 15.6 Å². The number of anilines is 1. The average molecular weight is 241 g/mol. The molecular weight excluding hydrogens is 224 g/mol. The van der Waals surface area contributed by atoms with Crippen molar-refractivity contribution in [3.05, 3.63) is 22.8 Å². The van der Waals surface area contributed by atoms with E-state index in [4.69, 9.17) is 17.3 Å². The van der Waals surface area contributed by atoms with Crippen molar-refractivity contribution in [1.82, 2.24) is 10.3 Å². The van der Waals surface area contributed by atoms with Gasteiger partial charge >= 0.3 is 0 Å². The van der Waals surface area contributed by atoms with Crippen molar-refractivity contribution in [1.29, 1.82) is 0 Å². The van der Waals surface area contributed by atoms with Gasteiger partial charge in [0.05, 0.1) is 0 Å². The molecule has 1 aliphatic heterocycles. The van der Waals surface area contributed by atoms with Crippen LogP contribution in [0.25, 0.3) is 0 Å². The first-order valence-corrected chi connectivity index (χ1v) is 5.99. The predicted molar refractivity (Wildman–Crippen MR) is 66.7 cm³/mol. The summed E-state index contributed by atoms with van der Waals surface area (Å²) in [7, 11) is 0. The molecule has 4 nitrogen and oxygen atoms in total. The first kappa shape index (κ1) is 11.6. The molecule has 2 rings (SSSR count). The van der Waals surface area contributed by atoms with Gasteiger partial charge in [0.15, 0.2) is 0 Å². The molecule has 0 amide bonds. The third-order valence-electron chi connectivity index (χ3n) is 2.74. The average Bonchev–Trinajstić information content (AvgIpc) is 2.29. The molecule has 0 spiro atoms. The SMILES string of the molecule is NCc1cc(Cl)nc(NC2CCCNC2)c1. The van der Waals surface area contributed by atoms with Crippen molar-refractivity contribution in [2.45, 2.75) is 25.4 Å². The van der Waals surface area contributed by atoms with Gasteiger partial charge in [-0.2, -0.15) is 0 Å². The molecular formula is C11H17ClN4. The molecule has 1 unspecified atom stereocenters. The smallest absolute Gasteiger partial charge is 0.131 e. The van der Waals surface area contributed by atoms with Crippen molar-refractivity contribution >= 4 is 17.4 Å². The molecule has 1 aromatic rings. The lowest BCUT2D eigenvalue weighted by Crippen LogP contribution is -2.38. The Morgan fingerprint density at radius 2 is 2.44 bits per heavy atom. The molecule has 2 heterocycles. The van der Waals surface area contributed by atoms with Gasteiger partial charge in [-0.25, -0.2) is 4.98 Å². The monoisotopic (exact) mass is 240 g/mol. The van der Waals surface area contributed by atoms with Crippen molar-refractivity contribution in [2.24, 2.45) is 5.73 Å². The summed E-state index contributed by atoms with van der Waals surface area (Å²) in [6.07, 6.45) is 2.36. The molecule has 5 heteroatoms. The van der Waals surface area contributed by atoms with Gasteiger partial charge in [0.2, 0.25) is 0 Å². The molecule has 1 aliphatic rings. The van der Waals surface area contributed by atoms with E-state index in [-0.39, 0.29) is 0 Å². The van der Waals surface area contributed by atoms with E-state index >= 15 is 0 Å². The molecule has 4 N–H and O–H groups in total. The zero-order valence-corrected chi connectivity index (χ0v) is 9.93. The number of nitrogens with one attached hydrogen (secondary N) is 2. The molecule has 0 aliphatic carbocycles. The molecule has 1 saturated heterocycles. The van der Waals surface area contributed by atoms with E-state index in [0.717, 1.165) is 24.5 Å². The lowest BCUT2D eigenvalue weighted by molar-refractivity contribution is 0.479. The third kappa shape index (κ3) is 3.07. The number of hydrogen-bond donors (Lipinski definition) is 3. The van der Waals surface area contributed by atoms with E-state index in [1.54, 1.807) is 6.07 Å². The fourth-order valence-electron chi connectivity index (χ4n) is 1.93. The minimum absolute atomic E-state index is 0.436. The molecule has 1 aromatic heterocycles. The van der Waals surface area contributed by atoms with E-state index in [1.165, 1.54) is 12.8 Å². The highest BCUT2D eigenvalue weighted by Crippen LogP contribution is 2.16. The Labute approximate surface area is 101 Å². The summed E-state index contributed by atoms with van der Waals surface area (Å²) < 4.78 is 0. The van der Waals surface area contributed by atoms with Crippen molar-refractivity contribution < 1.29 is 0 Å². The largest absolute Gasteiger partial charge is 0.366 e. The van der Waals surface area contributed by atoms with Crippen molar-refractivity contribution in [2.75, 3.05) is 18.4 Å². The highest BCUT2D eigenvalue weighted by Gasteiger charge is 2.13. The second-order valence-electron chi connectivity index (χ2n) is 4.08. The van der Waals surface area contributed by atoms with E-state index < -0.39 is 0 Å². The first-order chi connectivity index (χ1) is 7.78. The van der Waals surface area contributed by atoms with Crippen LogP contribution in [0.3, 0.4) is 0 Å². The molecule has 0 bridgehead atoms. The highest BCUT2D eigenvalue weighted by molar-refractivity contribution is 6.29. The van der Waals surface area contributed by atoms with Crippen LogP contribution in [-0.2, 0) is 6.54 Å². The van der Waals surface area contributed by atoms with Gasteiger partial charge in [-0.15, -0.1) is 0 Å². The maximum Gasteiger partial charge on any atom is 0.131 e. The van der Waals surface area contributed by atoms with Gasteiger partial charge in [-0.05, 0) is 37.1 Å². The maximum atomic E-state index is 5.92. The van der Waals surface area contributed by atoms with Crippen molar-refractivity contribution in [3.8, 4) is 0 Å². The Morgan fingerprint density at radius 1 is 1.56 bits per heavy atom. The van der Waals surface area contributed by atoms with Gasteiger partial charge in [-0.1, -0.05) is 11.6 Å². The minimum Gasteiger partial charge on any atom is -0.366 e. The number of pyridine rings is 1. The van der Waals surface area contributed by atoms with Crippen LogP contribution in [0.5, 0.6) is 0 Å². The topological polar surface area (TPSA) is 63.0 Å². The van der Waals surface area contributed by atoms with Crippen molar-refractivity contribution in [3.63, 3.8) is 0 Å². The van der Waals surface area contributed by atoms with Gasteiger partial charge in [0.25, 0.3) is 0 Å².